The van der Waals surface area contributed by atoms with Crippen LogP contribution in [0.25, 0.3) is 0 Å². The minimum absolute atomic E-state index is 0. The van der Waals surface area contributed by atoms with E-state index in [1.54, 1.807) is 12.1 Å². The number of nitro groups is 1. The molecule has 1 aromatic carbocycles. The fourth-order valence-electron chi connectivity index (χ4n) is 2.99. The lowest BCUT2D eigenvalue weighted by atomic mass is 9.99. The van der Waals surface area contributed by atoms with Crippen molar-refractivity contribution >= 4 is 42.1 Å². The van der Waals surface area contributed by atoms with Gasteiger partial charge >= 0.3 is 0 Å². The van der Waals surface area contributed by atoms with Crippen LogP contribution in [0.5, 0.6) is 0 Å². The number of hydrogen-bond donors (Lipinski definition) is 1. The highest BCUT2D eigenvalue weighted by molar-refractivity contribution is 6.31. The minimum Gasteiger partial charge on any atom is -0.314 e. The third-order valence-electron chi connectivity index (χ3n) is 4.12. The molecular formula is C14H20Cl3N3O2. The summed E-state index contributed by atoms with van der Waals surface area (Å²) < 4.78 is 0. The zero-order chi connectivity index (χ0) is 14.1. The zero-order valence-corrected chi connectivity index (χ0v) is 14.4. The summed E-state index contributed by atoms with van der Waals surface area (Å²) in [6.07, 6.45) is 2.38. The molecule has 124 valence electrons. The van der Waals surface area contributed by atoms with Crippen LogP contribution in [-0.4, -0.2) is 36.0 Å². The summed E-state index contributed by atoms with van der Waals surface area (Å²) in [7, 11) is 0. The van der Waals surface area contributed by atoms with Crippen molar-refractivity contribution in [2.75, 3.05) is 26.2 Å². The van der Waals surface area contributed by atoms with Crippen molar-refractivity contribution in [3.05, 3.63) is 38.9 Å². The summed E-state index contributed by atoms with van der Waals surface area (Å²) in [5, 5.41) is 15.0. The molecule has 1 saturated carbocycles. The Bertz CT molecular complexity index is 520. The van der Waals surface area contributed by atoms with Gasteiger partial charge in [0.05, 0.1) is 4.92 Å². The number of rotatable bonds is 4. The van der Waals surface area contributed by atoms with E-state index >= 15 is 0 Å². The second kappa shape index (κ2) is 8.31. The summed E-state index contributed by atoms with van der Waals surface area (Å²) in [6.45, 7) is 3.88. The van der Waals surface area contributed by atoms with Gasteiger partial charge in [-0.05, 0) is 30.4 Å². The van der Waals surface area contributed by atoms with E-state index in [1.807, 2.05) is 0 Å². The summed E-state index contributed by atoms with van der Waals surface area (Å²) in [4.78, 5) is 13.1. The molecule has 2 fully saturated rings. The molecule has 0 bridgehead atoms. The maximum Gasteiger partial charge on any atom is 0.269 e. The fraction of sp³-hybridized carbons (Fsp3) is 0.571. The van der Waals surface area contributed by atoms with Gasteiger partial charge < -0.3 is 5.32 Å². The molecule has 1 aliphatic carbocycles. The van der Waals surface area contributed by atoms with Gasteiger partial charge in [-0.2, -0.15) is 0 Å². The van der Waals surface area contributed by atoms with Crippen molar-refractivity contribution in [2.45, 2.75) is 18.9 Å². The maximum atomic E-state index is 11.0. The number of benzene rings is 1. The molecule has 0 aromatic heterocycles. The smallest absolute Gasteiger partial charge is 0.269 e. The molecule has 1 aliphatic heterocycles. The number of piperazine rings is 1. The Kier molecular flexibility index (Phi) is 7.35. The molecule has 0 radical (unpaired) electrons. The van der Waals surface area contributed by atoms with E-state index in [2.05, 4.69) is 10.2 Å². The lowest BCUT2D eigenvalue weighted by Gasteiger charge is -2.35. The van der Waals surface area contributed by atoms with Gasteiger partial charge in [-0.25, -0.2) is 0 Å². The van der Waals surface area contributed by atoms with Crippen molar-refractivity contribution < 1.29 is 4.92 Å². The van der Waals surface area contributed by atoms with Gasteiger partial charge in [0.15, 0.2) is 0 Å². The van der Waals surface area contributed by atoms with Crippen LogP contribution < -0.4 is 5.32 Å². The summed E-state index contributed by atoms with van der Waals surface area (Å²) in [6, 6.07) is 5.03. The van der Waals surface area contributed by atoms with Gasteiger partial charge in [0.1, 0.15) is 0 Å². The molecule has 1 heterocycles. The largest absolute Gasteiger partial charge is 0.314 e. The summed E-state index contributed by atoms with van der Waals surface area (Å²) >= 11 is 6.32. The van der Waals surface area contributed by atoms with Crippen LogP contribution in [0.2, 0.25) is 5.02 Å². The van der Waals surface area contributed by atoms with Crippen molar-refractivity contribution in [1.29, 1.82) is 0 Å². The topological polar surface area (TPSA) is 58.4 Å². The SMILES string of the molecule is Cl.Cl.O=[N+]([O-])c1ccc(Cl)c([C@@H](C2CC2)N2CCNCC2)c1. The van der Waals surface area contributed by atoms with E-state index < -0.39 is 0 Å². The first-order valence-corrected chi connectivity index (χ1v) is 7.43. The Labute approximate surface area is 147 Å². The van der Waals surface area contributed by atoms with Gasteiger partial charge in [-0.15, -0.1) is 24.8 Å². The molecular weight excluding hydrogens is 349 g/mol. The van der Waals surface area contributed by atoms with Gasteiger partial charge in [-0.3, -0.25) is 15.0 Å². The fourth-order valence-corrected chi connectivity index (χ4v) is 3.22. The number of halogens is 3. The molecule has 0 unspecified atom stereocenters. The molecule has 22 heavy (non-hydrogen) atoms. The Balaban J connectivity index is 0.00000121. The number of hydrogen-bond acceptors (Lipinski definition) is 4. The Morgan fingerprint density at radius 1 is 1.27 bits per heavy atom. The average Bonchev–Trinajstić information content (AvgIpc) is 3.27. The van der Waals surface area contributed by atoms with E-state index in [9.17, 15) is 10.1 Å². The second-order valence-electron chi connectivity index (χ2n) is 5.53. The van der Waals surface area contributed by atoms with Crippen molar-refractivity contribution in [3.63, 3.8) is 0 Å². The third-order valence-corrected chi connectivity index (χ3v) is 4.47. The van der Waals surface area contributed by atoms with E-state index in [0.29, 0.717) is 10.9 Å². The van der Waals surface area contributed by atoms with E-state index in [-0.39, 0.29) is 41.5 Å². The quantitative estimate of drug-likeness (QED) is 0.653. The lowest BCUT2D eigenvalue weighted by molar-refractivity contribution is -0.385. The molecule has 5 nitrogen and oxygen atoms in total. The van der Waals surface area contributed by atoms with Crippen molar-refractivity contribution in [3.8, 4) is 0 Å². The molecule has 0 spiro atoms. The van der Waals surface area contributed by atoms with Gasteiger partial charge in [0.25, 0.3) is 5.69 Å². The van der Waals surface area contributed by atoms with Crippen LogP contribution in [0.3, 0.4) is 0 Å². The monoisotopic (exact) mass is 367 g/mol. The zero-order valence-electron chi connectivity index (χ0n) is 12.0. The van der Waals surface area contributed by atoms with Gasteiger partial charge in [0, 0.05) is 49.4 Å². The van der Waals surface area contributed by atoms with Crippen LogP contribution in [0.4, 0.5) is 5.69 Å². The van der Waals surface area contributed by atoms with Crippen LogP contribution in [0.1, 0.15) is 24.4 Å². The molecule has 1 aromatic rings. The van der Waals surface area contributed by atoms with E-state index in [1.165, 1.54) is 18.9 Å². The predicted octanol–water partition coefficient (Wildman–Crippen LogP) is 3.45. The summed E-state index contributed by atoms with van der Waals surface area (Å²) in [5.74, 6) is 0.590. The number of non-ortho nitro benzene ring substituents is 1. The van der Waals surface area contributed by atoms with Crippen LogP contribution >= 0.6 is 36.4 Å². The van der Waals surface area contributed by atoms with E-state index in [4.69, 9.17) is 11.6 Å². The molecule has 0 amide bonds. The maximum absolute atomic E-state index is 11.0. The standard InChI is InChI=1S/C14H18ClN3O2.2ClH/c15-13-4-3-11(18(19)20)9-12(13)14(10-1-2-10)17-7-5-16-6-8-17;;/h3-4,9-10,14,16H,1-2,5-8H2;2*1H/t14-;;/m1../s1. The van der Waals surface area contributed by atoms with Crippen molar-refractivity contribution in [2.24, 2.45) is 5.92 Å². The highest BCUT2D eigenvalue weighted by Crippen LogP contribution is 2.47. The molecule has 1 N–H and O–H groups in total. The second-order valence-corrected chi connectivity index (χ2v) is 5.94. The Morgan fingerprint density at radius 3 is 2.45 bits per heavy atom. The van der Waals surface area contributed by atoms with Crippen LogP contribution in [0, 0.1) is 16.0 Å². The number of nitrogens with one attached hydrogen (secondary N) is 1. The first kappa shape index (κ1) is 19.5. The average molecular weight is 369 g/mol. The molecule has 1 atom stereocenters. The first-order chi connectivity index (χ1) is 9.66. The Hall–Kier alpha value is -0.590. The summed E-state index contributed by atoms with van der Waals surface area (Å²) in [5.41, 5.74) is 1.05. The highest BCUT2D eigenvalue weighted by Gasteiger charge is 2.38. The lowest BCUT2D eigenvalue weighted by Crippen LogP contribution is -2.45. The number of nitro benzene ring substituents is 1. The third kappa shape index (κ3) is 4.24. The minimum atomic E-state index is -0.346. The van der Waals surface area contributed by atoms with Crippen LogP contribution in [-0.2, 0) is 0 Å². The van der Waals surface area contributed by atoms with E-state index in [0.717, 1.165) is 31.7 Å². The molecule has 3 rings (SSSR count). The highest BCUT2D eigenvalue weighted by atomic mass is 35.5. The van der Waals surface area contributed by atoms with Gasteiger partial charge in [-0.1, -0.05) is 11.6 Å². The normalized spacial score (nSPS) is 19.7. The van der Waals surface area contributed by atoms with Gasteiger partial charge in [0.2, 0.25) is 0 Å². The molecule has 8 heteroatoms. The number of nitrogens with zero attached hydrogens (tertiary/aromatic N) is 2. The predicted molar refractivity (Wildman–Crippen MR) is 92.5 cm³/mol. The molecule has 2 aliphatic rings. The first-order valence-electron chi connectivity index (χ1n) is 7.05. The molecule has 1 saturated heterocycles. The Morgan fingerprint density at radius 2 is 1.91 bits per heavy atom. The van der Waals surface area contributed by atoms with Crippen molar-refractivity contribution in [1.82, 2.24) is 10.2 Å². The van der Waals surface area contributed by atoms with Crippen LogP contribution in [0.15, 0.2) is 18.2 Å².